The molecule has 0 heterocycles. The van der Waals surface area contributed by atoms with Gasteiger partial charge in [0, 0.05) is 18.3 Å². The van der Waals surface area contributed by atoms with E-state index in [0.29, 0.717) is 0 Å². The van der Waals surface area contributed by atoms with E-state index in [-0.39, 0.29) is 0 Å². The van der Waals surface area contributed by atoms with Gasteiger partial charge < -0.3 is 10.1 Å². The van der Waals surface area contributed by atoms with Crippen LogP contribution in [0.15, 0.2) is 48.5 Å². The zero-order chi connectivity index (χ0) is 14.5. The molecule has 2 nitrogen and oxygen atoms in total. The molecule has 1 fully saturated rings. The van der Waals surface area contributed by atoms with Crippen LogP contribution in [0.2, 0.25) is 0 Å². The van der Waals surface area contributed by atoms with Gasteiger partial charge in [-0.2, -0.15) is 0 Å². The van der Waals surface area contributed by atoms with Crippen molar-refractivity contribution in [1.29, 1.82) is 0 Å². The zero-order valence-electron chi connectivity index (χ0n) is 12.6. The molecule has 1 N–H and O–H groups in total. The standard InChI is InChI=1S/C19H23NO/c1-2-12-21-18-8-5-7-17(13-18)20-14-16-6-3-4-9-19(16)15-10-11-15/h3-9,13,15,20H,2,10-12,14H2,1H3. The Balaban J connectivity index is 1.65. The summed E-state index contributed by atoms with van der Waals surface area (Å²) in [6.45, 7) is 3.77. The first-order valence-electron chi connectivity index (χ1n) is 7.91. The lowest BCUT2D eigenvalue weighted by atomic mass is 10.0. The summed E-state index contributed by atoms with van der Waals surface area (Å²) in [5.41, 5.74) is 4.05. The van der Waals surface area contributed by atoms with E-state index in [1.807, 2.05) is 12.1 Å². The van der Waals surface area contributed by atoms with E-state index in [2.05, 4.69) is 48.6 Å². The van der Waals surface area contributed by atoms with Crippen molar-refractivity contribution in [2.75, 3.05) is 11.9 Å². The second-order valence-corrected chi connectivity index (χ2v) is 5.70. The van der Waals surface area contributed by atoms with Crippen LogP contribution in [0, 0.1) is 0 Å². The van der Waals surface area contributed by atoms with Crippen LogP contribution in [0.25, 0.3) is 0 Å². The van der Waals surface area contributed by atoms with Crippen LogP contribution < -0.4 is 10.1 Å². The first kappa shape index (κ1) is 14.0. The van der Waals surface area contributed by atoms with Gasteiger partial charge >= 0.3 is 0 Å². The molecule has 21 heavy (non-hydrogen) atoms. The molecule has 0 bridgehead atoms. The summed E-state index contributed by atoms with van der Waals surface area (Å²) in [6.07, 6.45) is 3.72. The molecule has 0 atom stereocenters. The largest absolute Gasteiger partial charge is 0.494 e. The third kappa shape index (κ3) is 3.78. The first-order chi connectivity index (χ1) is 10.4. The number of ether oxygens (including phenoxy) is 1. The van der Waals surface area contributed by atoms with Gasteiger partial charge in [0.1, 0.15) is 5.75 Å². The average Bonchev–Trinajstić information content (AvgIpc) is 3.36. The Morgan fingerprint density at radius 2 is 1.95 bits per heavy atom. The van der Waals surface area contributed by atoms with Gasteiger partial charge in [-0.25, -0.2) is 0 Å². The van der Waals surface area contributed by atoms with E-state index < -0.39 is 0 Å². The third-order valence-electron chi connectivity index (χ3n) is 3.86. The number of benzene rings is 2. The Hall–Kier alpha value is -1.96. The molecule has 0 radical (unpaired) electrons. The highest BCUT2D eigenvalue weighted by atomic mass is 16.5. The predicted octanol–water partition coefficient (Wildman–Crippen LogP) is 4.96. The van der Waals surface area contributed by atoms with Gasteiger partial charge in [-0.15, -0.1) is 0 Å². The summed E-state index contributed by atoms with van der Waals surface area (Å²) in [7, 11) is 0. The van der Waals surface area contributed by atoms with Gasteiger partial charge in [0.05, 0.1) is 6.61 Å². The molecular formula is C19H23NO. The van der Waals surface area contributed by atoms with Crippen LogP contribution >= 0.6 is 0 Å². The Bertz CT molecular complexity index is 590. The van der Waals surface area contributed by atoms with Crippen molar-refractivity contribution in [2.24, 2.45) is 0 Å². The highest BCUT2D eigenvalue weighted by molar-refractivity contribution is 5.49. The monoisotopic (exact) mass is 281 g/mol. The maximum absolute atomic E-state index is 5.68. The quantitative estimate of drug-likeness (QED) is 0.774. The maximum atomic E-state index is 5.68. The van der Waals surface area contributed by atoms with Crippen molar-refractivity contribution in [1.82, 2.24) is 0 Å². The smallest absolute Gasteiger partial charge is 0.121 e. The Morgan fingerprint density at radius 3 is 2.76 bits per heavy atom. The summed E-state index contributed by atoms with van der Waals surface area (Å²) >= 11 is 0. The van der Waals surface area contributed by atoms with Crippen LogP contribution in [-0.4, -0.2) is 6.61 Å². The van der Waals surface area contributed by atoms with Crippen molar-refractivity contribution >= 4 is 5.69 Å². The van der Waals surface area contributed by atoms with Crippen LogP contribution in [0.4, 0.5) is 5.69 Å². The van der Waals surface area contributed by atoms with E-state index >= 15 is 0 Å². The summed E-state index contributed by atoms with van der Waals surface area (Å²) in [4.78, 5) is 0. The van der Waals surface area contributed by atoms with Gasteiger partial charge in [-0.1, -0.05) is 37.3 Å². The molecule has 110 valence electrons. The summed E-state index contributed by atoms with van der Waals surface area (Å²) in [5, 5.41) is 3.52. The SMILES string of the molecule is CCCOc1cccc(NCc2ccccc2C2CC2)c1. The summed E-state index contributed by atoms with van der Waals surface area (Å²) in [5.74, 6) is 1.74. The molecule has 1 aliphatic carbocycles. The number of hydrogen-bond acceptors (Lipinski definition) is 2. The zero-order valence-corrected chi connectivity index (χ0v) is 12.6. The summed E-state index contributed by atoms with van der Waals surface area (Å²) < 4.78 is 5.68. The lowest BCUT2D eigenvalue weighted by Gasteiger charge is -2.12. The number of rotatable bonds is 7. The molecule has 2 aromatic rings. The van der Waals surface area contributed by atoms with E-state index in [1.165, 1.54) is 24.0 Å². The van der Waals surface area contributed by atoms with Crippen molar-refractivity contribution in [3.05, 3.63) is 59.7 Å². The highest BCUT2D eigenvalue weighted by Crippen LogP contribution is 2.41. The predicted molar refractivity (Wildman–Crippen MR) is 88.0 cm³/mol. The number of nitrogens with one attached hydrogen (secondary N) is 1. The molecule has 0 saturated heterocycles. The fraction of sp³-hybridized carbons (Fsp3) is 0.368. The van der Waals surface area contributed by atoms with Crippen molar-refractivity contribution in [3.63, 3.8) is 0 Å². The molecule has 0 spiro atoms. The number of anilines is 1. The van der Waals surface area contributed by atoms with Crippen LogP contribution in [0.3, 0.4) is 0 Å². The minimum atomic E-state index is 0.772. The van der Waals surface area contributed by atoms with Gasteiger partial charge in [0.2, 0.25) is 0 Å². The topological polar surface area (TPSA) is 21.3 Å². The molecule has 0 aliphatic heterocycles. The van der Waals surface area contributed by atoms with E-state index in [0.717, 1.165) is 36.9 Å². The molecule has 2 aromatic carbocycles. The van der Waals surface area contributed by atoms with E-state index in [4.69, 9.17) is 4.74 Å². The highest BCUT2D eigenvalue weighted by Gasteiger charge is 2.25. The molecular weight excluding hydrogens is 258 g/mol. The summed E-state index contributed by atoms with van der Waals surface area (Å²) in [6, 6.07) is 17.0. The molecule has 1 aliphatic rings. The van der Waals surface area contributed by atoms with Crippen LogP contribution in [0.5, 0.6) is 5.75 Å². The second kappa shape index (κ2) is 6.66. The second-order valence-electron chi connectivity index (χ2n) is 5.70. The van der Waals surface area contributed by atoms with Gasteiger partial charge in [0.25, 0.3) is 0 Å². The van der Waals surface area contributed by atoms with Crippen molar-refractivity contribution in [2.45, 2.75) is 38.6 Å². The molecule has 1 saturated carbocycles. The fourth-order valence-corrected chi connectivity index (χ4v) is 2.60. The lowest BCUT2D eigenvalue weighted by Crippen LogP contribution is -2.03. The minimum Gasteiger partial charge on any atom is -0.494 e. The Labute approximate surface area is 127 Å². The van der Waals surface area contributed by atoms with Gasteiger partial charge in [-0.05, 0) is 48.4 Å². The number of hydrogen-bond donors (Lipinski definition) is 1. The fourth-order valence-electron chi connectivity index (χ4n) is 2.60. The lowest BCUT2D eigenvalue weighted by molar-refractivity contribution is 0.317. The Kier molecular flexibility index (Phi) is 4.44. The molecule has 2 heteroatoms. The molecule has 3 rings (SSSR count). The van der Waals surface area contributed by atoms with Gasteiger partial charge in [-0.3, -0.25) is 0 Å². The van der Waals surface area contributed by atoms with Crippen molar-refractivity contribution < 1.29 is 4.74 Å². The maximum Gasteiger partial charge on any atom is 0.121 e. The molecule has 0 unspecified atom stereocenters. The normalized spacial score (nSPS) is 14.0. The first-order valence-corrected chi connectivity index (χ1v) is 7.91. The van der Waals surface area contributed by atoms with Crippen molar-refractivity contribution in [3.8, 4) is 5.75 Å². The Morgan fingerprint density at radius 1 is 1.10 bits per heavy atom. The average molecular weight is 281 g/mol. The van der Waals surface area contributed by atoms with Crippen LogP contribution in [0.1, 0.15) is 43.2 Å². The van der Waals surface area contributed by atoms with Crippen LogP contribution in [-0.2, 0) is 6.54 Å². The van der Waals surface area contributed by atoms with E-state index in [1.54, 1.807) is 0 Å². The minimum absolute atomic E-state index is 0.772. The molecule has 0 amide bonds. The van der Waals surface area contributed by atoms with Gasteiger partial charge in [0.15, 0.2) is 0 Å². The van der Waals surface area contributed by atoms with E-state index in [9.17, 15) is 0 Å². The third-order valence-corrected chi connectivity index (χ3v) is 3.86. The molecule has 0 aromatic heterocycles.